The van der Waals surface area contributed by atoms with E-state index in [1.54, 1.807) is 13.8 Å². The highest BCUT2D eigenvalue weighted by molar-refractivity contribution is 7.89. The Morgan fingerprint density at radius 2 is 1.90 bits per heavy atom. The molecule has 0 amide bonds. The van der Waals surface area contributed by atoms with Gasteiger partial charge in [0, 0.05) is 12.6 Å². The Morgan fingerprint density at radius 3 is 2.40 bits per heavy atom. The van der Waals surface area contributed by atoms with E-state index < -0.39 is 10.0 Å². The molecule has 0 spiro atoms. The van der Waals surface area contributed by atoms with E-state index >= 15 is 0 Å². The van der Waals surface area contributed by atoms with Crippen LogP contribution in [0.1, 0.15) is 24.0 Å². The first-order valence-electron chi connectivity index (χ1n) is 6.40. The molecule has 1 aromatic carbocycles. The van der Waals surface area contributed by atoms with E-state index in [-0.39, 0.29) is 29.2 Å². The summed E-state index contributed by atoms with van der Waals surface area (Å²) in [6.07, 6.45) is 1.78. The van der Waals surface area contributed by atoms with Crippen LogP contribution in [0.25, 0.3) is 0 Å². The van der Waals surface area contributed by atoms with E-state index in [1.165, 1.54) is 12.1 Å². The molecule has 1 unspecified atom stereocenters. The molecule has 0 saturated carbocycles. The second-order valence-electron chi connectivity index (χ2n) is 5.04. The predicted octanol–water partition coefficient (Wildman–Crippen LogP) is 1.89. The molecule has 1 heterocycles. The third-order valence-electron chi connectivity index (χ3n) is 3.34. The summed E-state index contributed by atoms with van der Waals surface area (Å²) in [5, 5.41) is 3.15. The molecule has 0 bridgehead atoms. The van der Waals surface area contributed by atoms with E-state index in [0.717, 1.165) is 19.4 Å². The van der Waals surface area contributed by atoms with Gasteiger partial charge in [0.15, 0.2) is 0 Å². The van der Waals surface area contributed by atoms with E-state index in [9.17, 15) is 12.8 Å². The lowest BCUT2D eigenvalue weighted by atomic mass is 10.1. The number of sulfonamides is 1. The van der Waals surface area contributed by atoms with Crippen LogP contribution in [0, 0.1) is 19.7 Å². The molecule has 1 atom stereocenters. The van der Waals surface area contributed by atoms with Gasteiger partial charge >= 0.3 is 0 Å². The van der Waals surface area contributed by atoms with Crippen LogP contribution in [0.3, 0.4) is 0 Å². The van der Waals surface area contributed by atoms with Crippen LogP contribution in [0.2, 0.25) is 0 Å². The first-order valence-corrected chi connectivity index (χ1v) is 7.88. The summed E-state index contributed by atoms with van der Waals surface area (Å²) in [6, 6.07) is 2.66. The van der Waals surface area contributed by atoms with Crippen molar-refractivity contribution in [2.24, 2.45) is 0 Å². The van der Waals surface area contributed by atoms with Gasteiger partial charge in [-0.05, 0) is 56.5 Å². The lowest BCUT2D eigenvalue weighted by molar-refractivity contribution is 0.428. The maximum atomic E-state index is 13.5. The number of halogens is 2. The fourth-order valence-electron chi connectivity index (χ4n) is 2.30. The molecule has 1 aliphatic heterocycles. The van der Waals surface area contributed by atoms with Gasteiger partial charge in [-0.2, -0.15) is 0 Å². The average Bonchev–Trinajstić information content (AvgIpc) is 2.36. The van der Waals surface area contributed by atoms with Crippen LogP contribution in [0.15, 0.2) is 17.0 Å². The summed E-state index contributed by atoms with van der Waals surface area (Å²) in [5.74, 6) is -0.349. The van der Waals surface area contributed by atoms with Crippen LogP contribution >= 0.6 is 12.4 Å². The summed E-state index contributed by atoms with van der Waals surface area (Å²) in [5.41, 5.74) is 0.698. The smallest absolute Gasteiger partial charge is 0.240 e. The SMILES string of the molecule is Cc1cc(S(=O)(=O)NC2CCCNC2)cc(C)c1F.Cl. The second-order valence-corrected chi connectivity index (χ2v) is 6.75. The van der Waals surface area contributed by atoms with Gasteiger partial charge in [0.25, 0.3) is 0 Å². The van der Waals surface area contributed by atoms with Crippen LogP contribution in [-0.4, -0.2) is 27.5 Å². The standard InChI is InChI=1S/C13H19FN2O2S.ClH/c1-9-6-12(7-10(2)13(9)14)19(17,18)16-11-4-3-5-15-8-11;/h6-7,11,15-16H,3-5,8H2,1-2H3;1H. The molecule has 0 radical (unpaired) electrons. The van der Waals surface area contributed by atoms with Gasteiger partial charge in [0.2, 0.25) is 10.0 Å². The first-order chi connectivity index (χ1) is 8.90. The zero-order valence-corrected chi connectivity index (χ0v) is 13.2. The first kappa shape index (κ1) is 17.4. The largest absolute Gasteiger partial charge is 0.315 e. The fraction of sp³-hybridized carbons (Fsp3) is 0.538. The number of piperidine rings is 1. The van der Waals surface area contributed by atoms with E-state index in [1.807, 2.05) is 0 Å². The maximum absolute atomic E-state index is 13.5. The molecule has 1 saturated heterocycles. The summed E-state index contributed by atoms with van der Waals surface area (Å²) in [6.45, 7) is 4.71. The van der Waals surface area contributed by atoms with Crippen molar-refractivity contribution in [3.05, 3.63) is 29.1 Å². The molecule has 0 aromatic heterocycles. The Hall–Kier alpha value is -0.690. The number of aryl methyl sites for hydroxylation is 2. The molecule has 1 aromatic rings. The zero-order valence-electron chi connectivity index (χ0n) is 11.6. The Balaban J connectivity index is 0.00000200. The second kappa shape index (κ2) is 6.85. The molecule has 2 rings (SSSR count). The Morgan fingerprint density at radius 1 is 1.30 bits per heavy atom. The number of hydrogen-bond acceptors (Lipinski definition) is 3. The van der Waals surface area contributed by atoms with E-state index in [4.69, 9.17) is 0 Å². The normalized spacial score (nSPS) is 19.4. The summed E-state index contributed by atoms with van der Waals surface area (Å²) in [7, 11) is -3.58. The third kappa shape index (κ3) is 3.91. The summed E-state index contributed by atoms with van der Waals surface area (Å²) in [4.78, 5) is 0.134. The molecule has 20 heavy (non-hydrogen) atoms. The molecular weight excluding hydrogens is 303 g/mol. The average molecular weight is 323 g/mol. The Labute approximate surface area is 125 Å². The van der Waals surface area contributed by atoms with Crippen LogP contribution in [0.4, 0.5) is 4.39 Å². The van der Waals surface area contributed by atoms with Crippen molar-refractivity contribution in [1.29, 1.82) is 0 Å². The lowest BCUT2D eigenvalue weighted by Gasteiger charge is -2.23. The molecule has 4 nitrogen and oxygen atoms in total. The van der Waals surface area contributed by atoms with Gasteiger partial charge in [-0.15, -0.1) is 12.4 Å². The maximum Gasteiger partial charge on any atom is 0.240 e. The molecule has 1 aliphatic rings. The third-order valence-corrected chi connectivity index (χ3v) is 4.84. The lowest BCUT2D eigenvalue weighted by Crippen LogP contribution is -2.45. The minimum Gasteiger partial charge on any atom is -0.315 e. The van der Waals surface area contributed by atoms with Gasteiger partial charge in [0.1, 0.15) is 5.82 Å². The predicted molar refractivity (Wildman–Crippen MR) is 79.3 cm³/mol. The van der Waals surface area contributed by atoms with Gasteiger partial charge in [-0.1, -0.05) is 0 Å². The van der Waals surface area contributed by atoms with Crippen LogP contribution in [-0.2, 0) is 10.0 Å². The molecule has 7 heteroatoms. The highest BCUT2D eigenvalue weighted by Gasteiger charge is 2.22. The minimum absolute atomic E-state index is 0. The van der Waals surface area contributed by atoms with Crippen molar-refractivity contribution in [2.45, 2.75) is 37.6 Å². The summed E-state index contributed by atoms with van der Waals surface area (Å²) < 4.78 is 40.7. The summed E-state index contributed by atoms with van der Waals surface area (Å²) >= 11 is 0. The number of nitrogens with one attached hydrogen (secondary N) is 2. The van der Waals surface area contributed by atoms with Crippen molar-refractivity contribution in [3.63, 3.8) is 0 Å². The van der Waals surface area contributed by atoms with Crippen molar-refractivity contribution < 1.29 is 12.8 Å². The Bertz CT molecular complexity index is 549. The monoisotopic (exact) mass is 322 g/mol. The quantitative estimate of drug-likeness (QED) is 0.893. The van der Waals surface area contributed by atoms with Crippen LogP contribution in [0.5, 0.6) is 0 Å². The minimum atomic E-state index is -3.58. The Kier molecular flexibility index (Phi) is 5.94. The van der Waals surface area contributed by atoms with Gasteiger partial charge in [-0.3, -0.25) is 0 Å². The highest BCUT2D eigenvalue weighted by atomic mass is 35.5. The van der Waals surface area contributed by atoms with E-state index in [0.29, 0.717) is 17.7 Å². The van der Waals surface area contributed by atoms with Gasteiger partial charge in [-0.25, -0.2) is 17.5 Å². The zero-order chi connectivity index (χ0) is 14.0. The number of hydrogen-bond donors (Lipinski definition) is 2. The van der Waals surface area contributed by atoms with Crippen molar-refractivity contribution >= 4 is 22.4 Å². The fourth-order valence-corrected chi connectivity index (χ4v) is 3.74. The highest BCUT2D eigenvalue weighted by Crippen LogP contribution is 2.19. The molecule has 1 fully saturated rings. The topological polar surface area (TPSA) is 58.2 Å². The number of benzene rings is 1. The molecular formula is C13H20ClFN2O2S. The van der Waals surface area contributed by atoms with Crippen molar-refractivity contribution in [1.82, 2.24) is 10.0 Å². The van der Waals surface area contributed by atoms with Gasteiger partial charge < -0.3 is 5.32 Å². The number of rotatable bonds is 3. The molecule has 0 aliphatic carbocycles. The van der Waals surface area contributed by atoms with Crippen LogP contribution < -0.4 is 10.0 Å². The van der Waals surface area contributed by atoms with Crippen molar-refractivity contribution in [2.75, 3.05) is 13.1 Å². The van der Waals surface area contributed by atoms with Gasteiger partial charge in [0.05, 0.1) is 4.90 Å². The van der Waals surface area contributed by atoms with E-state index in [2.05, 4.69) is 10.0 Å². The molecule has 114 valence electrons. The van der Waals surface area contributed by atoms with Crippen molar-refractivity contribution in [3.8, 4) is 0 Å². The molecule has 2 N–H and O–H groups in total.